The number of benzene rings is 3. The molecule has 4 aliphatic carbocycles. The molecule has 0 aliphatic heterocycles. The summed E-state index contributed by atoms with van der Waals surface area (Å²) >= 11 is 4.74. The molecule has 0 amide bonds. The van der Waals surface area contributed by atoms with E-state index in [-0.39, 0.29) is 0 Å². The van der Waals surface area contributed by atoms with Gasteiger partial charge in [0.25, 0.3) is 0 Å². The van der Waals surface area contributed by atoms with Crippen molar-refractivity contribution in [3.63, 3.8) is 0 Å². The Labute approximate surface area is 246 Å². The molecule has 0 fully saturated rings. The quantitative estimate of drug-likeness (QED) is 0.416. The van der Waals surface area contributed by atoms with Gasteiger partial charge in [-0.2, -0.15) is 0 Å². The van der Waals surface area contributed by atoms with Gasteiger partial charge in [0.15, 0.2) is 0 Å². The third kappa shape index (κ3) is 3.73. The van der Waals surface area contributed by atoms with Crippen molar-refractivity contribution in [2.75, 3.05) is 0 Å². The van der Waals surface area contributed by atoms with Crippen LogP contribution in [0.2, 0.25) is 0 Å². The number of rotatable bonds is 4. The second kappa shape index (κ2) is 9.61. The zero-order valence-corrected chi connectivity index (χ0v) is 23.9. The normalized spacial score (nSPS) is 21.1. The summed E-state index contributed by atoms with van der Waals surface area (Å²) in [6.45, 7) is 4.72. The van der Waals surface area contributed by atoms with Crippen molar-refractivity contribution in [3.8, 4) is 0 Å². The maximum atomic E-state index is 2.41. The first-order chi connectivity index (χ1) is 18.5. The Kier molecular flexibility index (Phi) is 6.21. The summed E-state index contributed by atoms with van der Waals surface area (Å²) in [5.41, 5.74) is 13.4. The minimum absolute atomic E-state index is 0.394. The van der Waals surface area contributed by atoms with Crippen molar-refractivity contribution in [2.45, 2.75) is 31.7 Å². The van der Waals surface area contributed by atoms with Crippen molar-refractivity contribution < 1.29 is 0 Å². The molecule has 0 bridgehead atoms. The van der Waals surface area contributed by atoms with Crippen LogP contribution >= 0.6 is 0 Å². The second-order valence-electron chi connectivity index (χ2n) is 11.4. The Bertz CT molecular complexity index is 1580. The van der Waals surface area contributed by atoms with E-state index >= 15 is 0 Å². The number of hydrogen-bond acceptors (Lipinski definition) is 0. The van der Waals surface area contributed by atoms with Crippen LogP contribution in [0.4, 0.5) is 0 Å². The summed E-state index contributed by atoms with van der Waals surface area (Å²) in [5.74, 6) is 0.788. The predicted octanol–water partition coefficient (Wildman–Crippen LogP) is 5.63. The molecule has 7 rings (SSSR count). The van der Waals surface area contributed by atoms with E-state index in [0.717, 1.165) is 6.04 Å². The molecule has 3 heteroatoms. The van der Waals surface area contributed by atoms with Gasteiger partial charge < -0.3 is 0 Å². The topological polar surface area (TPSA) is 0 Å². The first-order valence-corrected chi connectivity index (χ1v) is 15.9. The summed E-state index contributed by atoms with van der Waals surface area (Å²) < 4.78 is 2.96. The number of hydrogen-bond donors (Lipinski definition) is 0. The first-order valence-electron chi connectivity index (χ1n) is 14.0. The third-order valence-corrected chi connectivity index (χ3v) is 13.1. The van der Waals surface area contributed by atoms with E-state index in [1.165, 1.54) is 47.5 Å². The Balaban J connectivity index is 1.52. The average Bonchev–Trinajstić information content (AvgIpc) is 3.40. The van der Waals surface area contributed by atoms with Crippen molar-refractivity contribution in [1.29, 1.82) is 0 Å². The summed E-state index contributed by atoms with van der Waals surface area (Å²) in [6.07, 6.45) is 18.3. The van der Waals surface area contributed by atoms with Crippen LogP contribution in [-0.2, 0) is 6.04 Å². The average molecular weight is 491 g/mol. The molecule has 0 heterocycles. The van der Waals surface area contributed by atoms with Gasteiger partial charge in [-0.05, 0) is 0 Å². The molecule has 3 aromatic carbocycles. The molecular formula is C35H28Li2Si. The predicted molar refractivity (Wildman–Crippen MR) is 166 cm³/mol. The van der Waals surface area contributed by atoms with Gasteiger partial charge in [-0.1, -0.05) is 0 Å². The molecule has 0 radical (unpaired) electrons. The summed E-state index contributed by atoms with van der Waals surface area (Å²) in [7, 11) is -1.70. The fourth-order valence-electron chi connectivity index (χ4n) is 7.56. The van der Waals surface area contributed by atoms with Crippen LogP contribution in [-0.4, -0.2) is 44.2 Å². The zero-order valence-electron chi connectivity index (χ0n) is 22.8. The molecule has 0 saturated carbocycles. The number of aryl methyl sites for hydroxylation is 2. The SMILES string of the molecule is [Li][C]1=C2C=CC=CC2c2ccc(C)c([SiH](Cc3ccccc3)c3c(C)ccc4c3[C]([Li])=C3C=CC=CC34)c21. The van der Waals surface area contributed by atoms with Gasteiger partial charge in [0.1, 0.15) is 0 Å². The Morgan fingerprint density at radius 3 is 1.63 bits per heavy atom. The number of allylic oxidation sites excluding steroid dienone is 10. The molecule has 0 nitrogen and oxygen atoms in total. The third-order valence-electron chi connectivity index (χ3n) is 9.31. The Morgan fingerprint density at radius 2 is 1.13 bits per heavy atom. The van der Waals surface area contributed by atoms with Crippen molar-refractivity contribution in [1.82, 2.24) is 0 Å². The van der Waals surface area contributed by atoms with E-state index in [2.05, 4.69) is 152 Å². The van der Waals surface area contributed by atoms with Crippen molar-refractivity contribution in [3.05, 3.63) is 153 Å². The van der Waals surface area contributed by atoms with Gasteiger partial charge in [-0.3, -0.25) is 0 Å². The summed E-state index contributed by atoms with van der Waals surface area (Å²) in [6, 6.07) is 22.0. The van der Waals surface area contributed by atoms with E-state index in [4.69, 9.17) is 0 Å². The van der Waals surface area contributed by atoms with Gasteiger partial charge in [0.2, 0.25) is 0 Å². The number of fused-ring (bicyclic) bond motifs is 6. The molecule has 38 heavy (non-hydrogen) atoms. The van der Waals surface area contributed by atoms with Crippen LogP contribution in [0.3, 0.4) is 0 Å². The van der Waals surface area contributed by atoms with Crippen LogP contribution in [0.15, 0.2) is 114 Å². The molecule has 0 N–H and O–H groups in total. The van der Waals surface area contributed by atoms with Gasteiger partial charge in [0.05, 0.1) is 0 Å². The van der Waals surface area contributed by atoms with E-state index in [1.807, 2.05) is 0 Å². The van der Waals surface area contributed by atoms with Crippen molar-refractivity contribution >= 4 is 63.1 Å². The molecule has 0 spiro atoms. The van der Waals surface area contributed by atoms with E-state index in [0.29, 0.717) is 11.8 Å². The molecule has 0 aromatic heterocycles. The van der Waals surface area contributed by atoms with E-state index in [9.17, 15) is 0 Å². The monoisotopic (exact) mass is 490 g/mol. The first kappa shape index (κ1) is 24.5. The molecule has 0 saturated heterocycles. The molecular weight excluding hydrogens is 462 g/mol. The fraction of sp³-hybridized carbons (Fsp3) is 0.143. The molecule has 2 unspecified atom stereocenters. The zero-order chi connectivity index (χ0) is 26.0. The van der Waals surface area contributed by atoms with Crippen molar-refractivity contribution in [2.24, 2.45) is 0 Å². The maximum absolute atomic E-state index is 2.41. The molecule has 174 valence electrons. The van der Waals surface area contributed by atoms with Crippen LogP contribution in [0.1, 0.15) is 50.8 Å². The van der Waals surface area contributed by atoms with Gasteiger partial charge >= 0.3 is 248 Å². The Hall–Kier alpha value is -2.49. The van der Waals surface area contributed by atoms with Crippen LogP contribution in [0.25, 0.3) is 8.49 Å². The summed E-state index contributed by atoms with van der Waals surface area (Å²) in [4.78, 5) is 0. The minimum atomic E-state index is -1.70. The van der Waals surface area contributed by atoms with E-state index < -0.39 is 8.80 Å². The van der Waals surface area contributed by atoms with Gasteiger partial charge in [-0.25, -0.2) is 0 Å². The van der Waals surface area contributed by atoms with Crippen LogP contribution in [0.5, 0.6) is 0 Å². The molecule has 2 atom stereocenters. The molecule has 3 aromatic rings. The van der Waals surface area contributed by atoms with E-state index in [1.54, 1.807) is 21.5 Å². The summed E-state index contributed by atoms with van der Waals surface area (Å²) in [5, 5.41) is 3.31. The second-order valence-corrected chi connectivity index (χ2v) is 14.0. The van der Waals surface area contributed by atoms with Crippen LogP contribution < -0.4 is 10.4 Å². The fourth-order valence-corrected chi connectivity index (χ4v) is 11.8. The Morgan fingerprint density at radius 1 is 0.632 bits per heavy atom. The molecule has 4 aliphatic rings. The van der Waals surface area contributed by atoms with Gasteiger partial charge in [0, 0.05) is 0 Å². The van der Waals surface area contributed by atoms with Crippen LogP contribution in [0, 0.1) is 13.8 Å². The standard InChI is InChI=1S/C35H28Si.2Li/c1-23-16-18-30-28-14-8-6-12-26(28)20-32(30)34(23)36(22-25-10-4-3-5-11-25)35-24(2)17-19-31-29-15-9-7-13-27(29)21-33(31)35;;/h3-19,28-29,36H,22H2,1-2H3;;. The van der Waals surface area contributed by atoms with Gasteiger partial charge in [-0.15, -0.1) is 0 Å².